The predicted octanol–water partition coefficient (Wildman–Crippen LogP) is 4.04. The van der Waals surface area contributed by atoms with Crippen LogP contribution in [0.15, 0.2) is 24.0 Å². The molecule has 1 atom stereocenters. The number of hydrogen-bond acceptors (Lipinski definition) is 7. The second kappa shape index (κ2) is 6.43. The third-order valence-electron chi connectivity index (χ3n) is 6.16. The lowest BCUT2D eigenvalue weighted by Crippen LogP contribution is -2.36. The minimum absolute atomic E-state index is 0.0107. The van der Waals surface area contributed by atoms with E-state index in [9.17, 15) is 19.8 Å². The summed E-state index contributed by atoms with van der Waals surface area (Å²) in [5, 5.41) is 26.1. The number of aryl methyl sites for hydroxylation is 1. The highest BCUT2D eigenvalue weighted by Crippen LogP contribution is 2.58. The van der Waals surface area contributed by atoms with Gasteiger partial charge in [-0.25, -0.2) is 9.67 Å². The summed E-state index contributed by atoms with van der Waals surface area (Å²) >= 11 is 6.04. The van der Waals surface area contributed by atoms with E-state index in [4.69, 9.17) is 16.3 Å². The van der Waals surface area contributed by atoms with E-state index in [0.717, 1.165) is 0 Å². The first-order chi connectivity index (χ1) is 15.1. The van der Waals surface area contributed by atoms with Crippen molar-refractivity contribution in [3.8, 4) is 23.1 Å². The summed E-state index contributed by atoms with van der Waals surface area (Å²) in [4.78, 5) is 30.5. The number of hydrogen-bond donors (Lipinski definition) is 2. The van der Waals surface area contributed by atoms with Gasteiger partial charge in [-0.05, 0) is 39.8 Å². The number of halogens is 1. The number of rotatable bonds is 2. The molecule has 0 saturated heterocycles. The summed E-state index contributed by atoms with van der Waals surface area (Å²) in [6.07, 6.45) is 1.65. The molecule has 0 fully saturated rings. The SMILES string of the molecule is CC(=O)c1c(O)c(C)c(O)c2c1OC1=Cc3c(c(C)nn3-c3cccc(Cl)n3)C(=O)[C@@]12C. The normalized spacial score (nSPS) is 18.5. The van der Waals surface area contributed by atoms with E-state index in [2.05, 4.69) is 10.1 Å². The third-order valence-corrected chi connectivity index (χ3v) is 6.37. The second-order valence-electron chi connectivity index (χ2n) is 8.10. The van der Waals surface area contributed by atoms with Crippen LogP contribution in [0.2, 0.25) is 5.15 Å². The first-order valence-electron chi connectivity index (χ1n) is 9.84. The van der Waals surface area contributed by atoms with Crippen molar-refractivity contribution < 1.29 is 24.5 Å². The van der Waals surface area contributed by atoms with Gasteiger partial charge in [0.15, 0.2) is 17.4 Å². The van der Waals surface area contributed by atoms with Gasteiger partial charge >= 0.3 is 0 Å². The summed E-state index contributed by atoms with van der Waals surface area (Å²) in [6.45, 7) is 6.11. The van der Waals surface area contributed by atoms with Crippen LogP contribution < -0.4 is 4.74 Å². The number of fused-ring (bicyclic) bond motifs is 4. The Kier molecular flexibility index (Phi) is 4.07. The zero-order valence-electron chi connectivity index (χ0n) is 17.6. The molecular formula is C23H18ClN3O5. The molecule has 2 aromatic heterocycles. The highest BCUT2D eigenvalue weighted by molar-refractivity contribution is 6.29. The number of ketones is 2. The van der Waals surface area contributed by atoms with Crippen LogP contribution in [0.25, 0.3) is 11.9 Å². The van der Waals surface area contributed by atoms with E-state index >= 15 is 0 Å². The van der Waals surface area contributed by atoms with Gasteiger partial charge in [-0.15, -0.1) is 0 Å². The lowest BCUT2D eigenvalue weighted by atomic mass is 9.71. The summed E-state index contributed by atoms with van der Waals surface area (Å²) < 4.78 is 7.49. The van der Waals surface area contributed by atoms with E-state index < -0.39 is 11.2 Å². The standard InChI is InChI=1S/C23H18ClN3O5/c1-9-19(29)17(11(3)28)21-18(20(9)30)23(4)13(32-21)8-12-16(22(23)31)10(2)26-27(12)15-7-5-6-14(24)25-15/h5-8,29-30H,1-4H3/t23-/m0/s1. The highest BCUT2D eigenvalue weighted by atomic mass is 35.5. The molecule has 2 aliphatic rings. The van der Waals surface area contributed by atoms with Crippen LogP contribution in [0.1, 0.15) is 57.1 Å². The zero-order valence-corrected chi connectivity index (χ0v) is 18.4. The van der Waals surface area contributed by atoms with E-state index in [1.165, 1.54) is 18.5 Å². The molecule has 0 bridgehead atoms. The minimum atomic E-state index is -1.39. The van der Waals surface area contributed by atoms with E-state index in [1.54, 1.807) is 38.1 Å². The van der Waals surface area contributed by atoms with Crippen molar-refractivity contribution in [2.24, 2.45) is 0 Å². The number of nitrogens with zero attached hydrogens (tertiary/aromatic N) is 3. The molecule has 2 N–H and O–H groups in total. The van der Waals surface area contributed by atoms with Crippen LogP contribution in [0.5, 0.6) is 17.2 Å². The average Bonchev–Trinajstić information content (AvgIpc) is 3.21. The maximum absolute atomic E-state index is 13.9. The zero-order chi connectivity index (χ0) is 23.1. The Morgan fingerprint density at radius 2 is 1.94 bits per heavy atom. The smallest absolute Gasteiger partial charge is 0.185 e. The molecule has 8 nitrogen and oxygen atoms in total. The van der Waals surface area contributed by atoms with Crippen molar-refractivity contribution in [1.29, 1.82) is 0 Å². The number of benzene rings is 1. The van der Waals surface area contributed by atoms with Gasteiger partial charge in [-0.1, -0.05) is 17.7 Å². The maximum atomic E-state index is 13.9. The Morgan fingerprint density at radius 3 is 2.59 bits per heavy atom. The number of pyridine rings is 1. The van der Waals surface area contributed by atoms with Gasteiger partial charge in [0, 0.05) is 11.6 Å². The lowest BCUT2D eigenvalue weighted by molar-refractivity contribution is 0.0905. The molecule has 0 amide bonds. The molecule has 3 aromatic rings. The lowest BCUT2D eigenvalue weighted by Gasteiger charge is -2.27. The molecule has 0 spiro atoms. The predicted molar refractivity (Wildman–Crippen MR) is 116 cm³/mol. The molecule has 9 heteroatoms. The number of Topliss-reactive ketones (excluding diaryl/α,β-unsaturated/α-hetero) is 2. The number of aromatic hydroxyl groups is 2. The molecule has 0 saturated carbocycles. The molecule has 0 unspecified atom stereocenters. The van der Waals surface area contributed by atoms with Crippen LogP contribution in [-0.2, 0) is 5.41 Å². The molecule has 32 heavy (non-hydrogen) atoms. The topological polar surface area (TPSA) is 115 Å². The number of carbonyl (C=O) groups excluding carboxylic acids is 2. The molecule has 162 valence electrons. The average molecular weight is 452 g/mol. The highest BCUT2D eigenvalue weighted by Gasteiger charge is 2.55. The van der Waals surface area contributed by atoms with Gasteiger partial charge in [0.25, 0.3) is 0 Å². The van der Waals surface area contributed by atoms with Crippen molar-refractivity contribution in [2.45, 2.75) is 33.1 Å². The van der Waals surface area contributed by atoms with E-state index in [0.29, 0.717) is 22.8 Å². The Bertz CT molecular complexity index is 1420. The van der Waals surface area contributed by atoms with Gasteiger partial charge in [0.2, 0.25) is 0 Å². The van der Waals surface area contributed by atoms with Gasteiger partial charge in [0.1, 0.15) is 39.1 Å². The van der Waals surface area contributed by atoms with Gasteiger partial charge in [-0.3, -0.25) is 9.59 Å². The Labute approximate surface area is 187 Å². The molecule has 1 aliphatic carbocycles. The quantitative estimate of drug-likeness (QED) is 0.446. The summed E-state index contributed by atoms with van der Waals surface area (Å²) in [7, 11) is 0. The van der Waals surface area contributed by atoms with E-state index in [-0.39, 0.29) is 50.6 Å². The molecule has 1 aliphatic heterocycles. The monoisotopic (exact) mass is 451 g/mol. The van der Waals surface area contributed by atoms with Crippen molar-refractivity contribution in [3.05, 3.63) is 62.8 Å². The Morgan fingerprint density at radius 1 is 1.22 bits per heavy atom. The number of aromatic nitrogens is 3. The first-order valence-corrected chi connectivity index (χ1v) is 10.2. The molecular weight excluding hydrogens is 434 g/mol. The van der Waals surface area contributed by atoms with Crippen molar-refractivity contribution in [1.82, 2.24) is 14.8 Å². The maximum Gasteiger partial charge on any atom is 0.185 e. The summed E-state index contributed by atoms with van der Waals surface area (Å²) in [5.41, 5.74) is 0.0747. The minimum Gasteiger partial charge on any atom is -0.507 e. The van der Waals surface area contributed by atoms with Crippen LogP contribution in [0, 0.1) is 13.8 Å². The van der Waals surface area contributed by atoms with Crippen molar-refractivity contribution in [3.63, 3.8) is 0 Å². The number of allylic oxidation sites excluding steroid dienone is 1. The largest absolute Gasteiger partial charge is 0.507 e. The van der Waals surface area contributed by atoms with Crippen LogP contribution in [0.4, 0.5) is 0 Å². The van der Waals surface area contributed by atoms with Crippen LogP contribution in [0.3, 0.4) is 0 Å². The fraction of sp³-hybridized carbons (Fsp3) is 0.217. The number of carbonyl (C=O) groups is 2. The summed E-state index contributed by atoms with van der Waals surface area (Å²) in [5.74, 6) is -0.811. The second-order valence-corrected chi connectivity index (χ2v) is 8.49. The fourth-order valence-electron chi connectivity index (χ4n) is 4.48. The Hall–Kier alpha value is -3.65. The van der Waals surface area contributed by atoms with Gasteiger partial charge in [-0.2, -0.15) is 5.10 Å². The fourth-order valence-corrected chi connectivity index (χ4v) is 4.64. The third kappa shape index (κ3) is 2.38. The molecule has 3 heterocycles. The molecule has 5 rings (SSSR count). The van der Waals surface area contributed by atoms with Gasteiger partial charge < -0.3 is 14.9 Å². The van der Waals surface area contributed by atoms with Crippen molar-refractivity contribution >= 4 is 29.2 Å². The van der Waals surface area contributed by atoms with Gasteiger partial charge in [0.05, 0.1) is 22.5 Å². The summed E-state index contributed by atoms with van der Waals surface area (Å²) in [6, 6.07) is 5.06. The van der Waals surface area contributed by atoms with E-state index in [1.807, 2.05) is 0 Å². The van der Waals surface area contributed by atoms with Crippen LogP contribution in [-0.4, -0.2) is 36.5 Å². The molecule has 0 radical (unpaired) electrons. The number of phenols is 2. The molecule has 1 aromatic carbocycles. The van der Waals surface area contributed by atoms with Crippen molar-refractivity contribution in [2.75, 3.05) is 0 Å². The number of phenolic OH excluding ortho intramolecular Hbond substituents is 2. The van der Waals surface area contributed by atoms with Crippen LogP contribution >= 0.6 is 11.6 Å². The Balaban J connectivity index is 1.81. The number of ether oxygens (including phenoxy) is 1. The first kappa shape index (κ1) is 20.3.